The number of nitrogens with one attached hydrogen (secondary N) is 1. The molecule has 1 unspecified atom stereocenters. The number of carbonyl (C=O) groups excluding carboxylic acids is 2. The molecule has 1 aliphatic rings. The van der Waals surface area contributed by atoms with E-state index in [1.54, 1.807) is 7.11 Å². The average Bonchev–Trinajstić information content (AvgIpc) is 2.83. The van der Waals surface area contributed by atoms with E-state index in [4.69, 9.17) is 14.2 Å². The molecule has 1 N–H and O–H groups in total. The summed E-state index contributed by atoms with van der Waals surface area (Å²) in [6, 6.07) is 13.5. The summed E-state index contributed by atoms with van der Waals surface area (Å²) in [6.07, 6.45) is 4.35. The Labute approximate surface area is 195 Å². The van der Waals surface area contributed by atoms with E-state index in [-0.39, 0.29) is 11.9 Å². The topological polar surface area (TPSA) is 83.1 Å². The number of carbonyl (C=O) groups is 2. The van der Waals surface area contributed by atoms with Gasteiger partial charge < -0.3 is 24.3 Å². The second kappa shape index (κ2) is 12.8. The highest BCUT2D eigenvalue weighted by molar-refractivity contribution is 5.95. The summed E-state index contributed by atoms with van der Waals surface area (Å²) in [5.41, 5.74) is 2.76. The van der Waals surface area contributed by atoms with Gasteiger partial charge in [0.15, 0.2) is 0 Å². The van der Waals surface area contributed by atoms with Crippen molar-refractivity contribution in [3.05, 3.63) is 53.6 Å². The van der Waals surface area contributed by atoms with Gasteiger partial charge in [-0.15, -0.1) is 0 Å². The zero-order valence-corrected chi connectivity index (χ0v) is 19.4. The Bertz CT molecular complexity index is 929. The second-order valence-corrected chi connectivity index (χ2v) is 8.10. The predicted molar refractivity (Wildman–Crippen MR) is 126 cm³/mol. The van der Waals surface area contributed by atoms with Gasteiger partial charge in [-0.05, 0) is 61.1 Å². The number of aryl methyl sites for hydroxylation is 1. The third-order valence-corrected chi connectivity index (χ3v) is 5.60. The van der Waals surface area contributed by atoms with Gasteiger partial charge in [0.05, 0.1) is 19.9 Å². The average molecular weight is 456 g/mol. The number of esters is 1. The number of rotatable bonds is 7. The molecule has 0 saturated heterocycles. The lowest BCUT2D eigenvalue weighted by Gasteiger charge is -2.20. The first-order valence-electron chi connectivity index (χ1n) is 11.5. The van der Waals surface area contributed by atoms with E-state index in [0.717, 1.165) is 49.0 Å². The Morgan fingerprint density at radius 2 is 1.91 bits per heavy atom. The molecule has 178 valence electrons. The van der Waals surface area contributed by atoms with Crippen LogP contribution in [0.2, 0.25) is 0 Å². The molecule has 0 saturated carbocycles. The largest absolute Gasteiger partial charge is 0.497 e. The molecular weight excluding hydrogens is 422 g/mol. The number of methoxy groups -OCH3 is 2. The molecule has 0 aromatic heterocycles. The number of ether oxygens (including phenoxy) is 4. The van der Waals surface area contributed by atoms with E-state index in [1.165, 1.54) is 7.11 Å². The van der Waals surface area contributed by atoms with E-state index >= 15 is 0 Å². The maximum atomic E-state index is 13.0. The van der Waals surface area contributed by atoms with Crippen LogP contribution in [0.4, 0.5) is 5.69 Å². The molecule has 1 atom stereocenters. The Kier molecular flexibility index (Phi) is 9.57. The standard InChI is InChI=1S/C26H33NO6/c1-30-21-16-19-9-8-14-32-24(12-4-3-5-13-25(28)31-2)26(29)27-22-10-6-7-11-23(22)33-18-20(15-19)17-21/h6-7,10-11,15-17,24H,3-5,8-9,12-14,18H2,1-2H3,(H,27,29). The van der Waals surface area contributed by atoms with Crippen LogP contribution < -0.4 is 14.8 Å². The first kappa shape index (κ1) is 24.6. The van der Waals surface area contributed by atoms with Gasteiger partial charge in [0, 0.05) is 13.0 Å². The van der Waals surface area contributed by atoms with Crippen LogP contribution in [-0.2, 0) is 32.1 Å². The van der Waals surface area contributed by atoms with Gasteiger partial charge in [0.25, 0.3) is 5.91 Å². The third kappa shape index (κ3) is 7.79. The summed E-state index contributed by atoms with van der Waals surface area (Å²) in [7, 11) is 3.05. The van der Waals surface area contributed by atoms with Crippen molar-refractivity contribution < 1.29 is 28.5 Å². The number of benzene rings is 2. The molecular formula is C26H33NO6. The van der Waals surface area contributed by atoms with E-state index in [9.17, 15) is 9.59 Å². The molecule has 2 bridgehead atoms. The second-order valence-electron chi connectivity index (χ2n) is 8.10. The van der Waals surface area contributed by atoms with Crippen molar-refractivity contribution in [2.45, 2.75) is 57.7 Å². The SMILES string of the molecule is COC(=O)CCCCCC1OCCCc2cc(cc(OC)c2)COc2ccccc2NC1=O. The minimum absolute atomic E-state index is 0.184. The van der Waals surface area contributed by atoms with E-state index in [1.807, 2.05) is 36.4 Å². The minimum atomic E-state index is -0.569. The molecule has 7 nitrogen and oxygen atoms in total. The molecule has 1 aliphatic heterocycles. The zero-order valence-electron chi connectivity index (χ0n) is 19.4. The van der Waals surface area contributed by atoms with Gasteiger partial charge in [0.2, 0.25) is 0 Å². The lowest BCUT2D eigenvalue weighted by Crippen LogP contribution is -2.31. The van der Waals surface area contributed by atoms with Gasteiger partial charge >= 0.3 is 5.97 Å². The summed E-state index contributed by atoms with van der Waals surface area (Å²) in [6.45, 7) is 0.849. The van der Waals surface area contributed by atoms with Crippen LogP contribution >= 0.6 is 0 Å². The molecule has 2 aromatic carbocycles. The van der Waals surface area contributed by atoms with Crippen molar-refractivity contribution in [1.82, 2.24) is 0 Å². The third-order valence-electron chi connectivity index (χ3n) is 5.60. The maximum Gasteiger partial charge on any atom is 0.305 e. The van der Waals surface area contributed by atoms with Crippen LogP contribution in [0.25, 0.3) is 0 Å². The molecule has 3 rings (SSSR count). The molecule has 1 heterocycles. The smallest absolute Gasteiger partial charge is 0.305 e. The highest BCUT2D eigenvalue weighted by atomic mass is 16.5. The van der Waals surface area contributed by atoms with Gasteiger partial charge in [-0.3, -0.25) is 9.59 Å². The van der Waals surface area contributed by atoms with Gasteiger partial charge in [0.1, 0.15) is 24.2 Å². The van der Waals surface area contributed by atoms with Crippen LogP contribution in [0, 0.1) is 0 Å². The number of fused-ring (bicyclic) bond motifs is 3. The van der Waals surface area contributed by atoms with E-state index in [0.29, 0.717) is 37.5 Å². The number of unbranched alkanes of at least 4 members (excludes halogenated alkanes) is 2. The fraction of sp³-hybridized carbons (Fsp3) is 0.462. The highest BCUT2D eigenvalue weighted by Gasteiger charge is 2.21. The normalized spacial score (nSPS) is 16.5. The number of hydrogen-bond donors (Lipinski definition) is 1. The van der Waals surface area contributed by atoms with Crippen LogP contribution in [-0.4, -0.2) is 38.8 Å². The summed E-state index contributed by atoms with van der Waals surface area (Å²) in [5.74, 6) is 1.00. The van der Waals surface area contributed by atoms with Crippen molar-refractivity contribution in [2.24, 2.45) is 0 Å². The number of hydrogen-bond acceptors (Lipinski definition) is 6. The first-order valence-corrected chi connectivity index (χ1v) is 11.5. The van der Waals surface area contributed by atoms with Crippen molar-refractivity contribution >= 4 is 17.6 Å². The summed E-state index contributed by atoms with van der Waals surface area (Å²) >= 11 is 0. The van der Waals surface area contributed by atoms with Crippen molar-refractivity contribution in [3.8, 4) is 11.5 Å². The first-order chi connectivity index (χ1) is 16.1. The highest BCUT2D eigenvalue weighted by Crippen LogP contribution is 2.27. The molecule has 0 aliphatic carbocycles. The molecule has 0 radical (unpaired) electrons. The number of para-hydroxylation sites is 2. The fourth-order valence-corrected chi connectivity index (χ4v) is 3.81. The van der Waals surface area contributed by atoms with Crippen molar-refractivity contribution in [3.63, 3.8) is 0 Å². The number of anilines is 1. The fourth-order valence-electron chi connectivity index (χ4n) is 3.81. The predicted octanol–water partition coefficient (Wildman–Crippen LogP) is 4.67. The van der Waals surface area contributed by atoms with Crippen LogP contribution in [0.3, 0.4) is 0 Å². The zero-order chi connectivity index (χ0) is 23.5. The Balaban J connectivity index is 1.71. The lowest BCUT2D eigenvalue weighted by atomic mass is 10.1. The molecule has 2 aromatic rings. The van der Waals surface area contributed by atoms with Crippen LogP contribution in [0.15, 0.2) is 42.5 Å². The monoisotopic (exact) mass is 455 g/mol. The van der Waals surface area contributed by atoms with Crippen LogP contribution in [0.5, 0.6) is 11.5 Å². The Morgan fingerprint density at radius 1 is 1.09 bits per heavy atom. The molecule has 0 fully saturated rings. The summed E-state index contributed by atoms with van der Waals surface area (Å²) in [5, 5.41) is 2.97. The molecule has 0 spiro atoms. The van der Waals surface area contributed by atoms with Gasteiger partial charge in [-0.2, -0.15) is 0 Å². The maximum absolute atomic E-state index is 13.0. The Morgan fingerprint density at radius 3 is 2.73 bits per heavy atom. The minimum Gasteiger partial charge on any atom is -0.497 e. The Hall–Kier alpha value is -3.06. The van der Waals surface area contributed by atoms with E-state index in [2.05, 4.69) is 16.1 Å². The van der Waals surface area contributed by atoms with Crippen LogP contribution in [0.1, 0.15) is 49.7 Å². The number of amides is 1. The van der Waals surface area contributed by atoms with Crippen molar-refractivity contribution in [1.29, 1.82) is 0 Å². The quantitative estimate of drug-likeness (QED) is 0.483. The van der Waals surface area contributed by atoms with Gasteiger partial charge in [-0.1, -0.05) is 31.0 Å². The molecule has 33 heavy (non-hydrogen) atoms. The molecule has 1 amide bonds. The summed E-state index contributed by atoms with van der Waals surface area (Å²) in [4.78, 5) is 24.3. The molecule has 7 heteroatoms. The van der Waals surface area contributed by atoms with E-state index < -0.39 is 6.10 Å². The lowest BCUT2D eigenvalue weighted by molar-refractivity contribution is -0.140. The van der Waals surface area contributed by atoms with Gasteiger partial charge in [-0.25, -0.2) is 0 Å². The van der Waals surface area contributed by atoms with Crippen molar-refractivity contribution in [2.75, 3.05) is 26.1 Å². The summed E-state index contributed by atoms with van der Waals surface area (Å²) < 4.78 is 22.2.